The summed E-state index contributed by atoms with van der Waals surface area (Å²) in [6, 6.07) is 15.5. The molecule has 1 aliphatic rings. The summed E-state index contributed by atoms with van der Waals surface area (Å²) < 4.78 is 1.93. The average Bonchev–Trinajstić information content (AvgIpc) is 3.46. The van der Waals surface area contributed by atoms with Gasteiger partial charge in [-0.15, -0.1) is 0 Å². The Balaban J connectivity index is 1.49. The normalized spacial score (nSPS) is 13.5. The first-order valence-electron chi connectivity index (χ1n) is 9.68. The van der Waals surface area contributed by atoms with Crippen LogP contribution in [0.25, 0.3) is 11.0 Å². The third-order valence-corrected chi connectivity index (χ3v) is 4.93. The molecule has 2 aromatic carbocycles. The van der Waals surface area contributed by atoms with Crippen molar-refractivity contribution in [3.05, 3.63) is 59.9 Å². The van der Waals surface area contributed by atoms with Crippen molar-refractivity contribution >= 4 is 28.5 Å². The van der Waals surface area contributed by atoms with Gasteiger partial charge in [0.1, 0.15) is 12.4 Å². The molecular formula is C22H24N4O2. The van der Waals surface area contributed by atoms with Crippen LogP contribution in [0, 0.1) is 12.8 Å². The number of aromatic nitrogens is 2. The van der Waals surface area contributed by atoms with Crippen molar-refractivity contribution in [2.24, 2.45) is 5.92 Å². The van der Waals surface area contributed by atoms with E-state index in [1.54, 1.807) is 0 Å². The summed E-state index contributed by atoms with van der Waals surface area (Å²) in [5.74, 6) is 1.02. The van der Waals surface area contributed by atoms with Crippen molar-refractivity contribution in [3.8, 4) is 0 Å². The number of hydrogen-bond acceptors (Lipinski definition) is 3. The van der Waals surface area contributed by atoms with Crippen molar-refractivity contribution in [1.29, 1.82) is 0 Å². The monoisotopic (exact) mass is 376 g/mol. The molecule has 0 spiro atoms. The van der Waals surface area contributed by atoms with Gasteiger partial charge in [-0.1, -0.05) is 24.3 Å². The molecule has 144 valence electrons. The van der Waals surface area contributed by atoms with Gasteiger partial charge >= 0.3 is 0 Å². The van der Waals surface area contributed by atoms with Crippen LogP contribution in [0.4, 0.5) is 5.69 Å². The summed E-state index contributed by atoms with van der Waals surface area (Å²) >= 11 is 0. The van der Waals surface area contributed by atoms with E-state index >= 15 is 0 Å². The molecular weight excluding hydrogens is 352 g/mol. The highest BCUT2D eigenvalue weighted by atomic mass is 16.2. The summed E-state index contributed by atoms with van der Waals surface area (Å²) in [5, 5.41) is 5.92. The van der Waals surface area contributed by atoms with Gasteiger partial charge in [-0.05, 0) is 49.6 Å². The SMILES string of the molecule is Cc1cccc(NC(=O)Cn2c(CCNC(=O)C3CC3)nc3ccccc32)c1. The predicted octanol–water partition coefficient (Wildman–Crippen LogP) is 3.05. The molecule has 2 N–H and O–H groups in total. The van der Waals surface area contributed by atoms with Crippen molar-refractivity contribution < 1.29 is 9.59 Å². The zero-order valence-corrected chi connectivity index (χ0v) is 15.9. The number of para-hydroxylation sites is 2. The molecule has 0 saturated heterocycles. The van der Waals surface area contributed by atoms with Crippen molar-refractivity contribution in [3.63, 3.8) is 0 Å². The first-order chi connectivity index (χ1) is 13.6. The van der Waals surface area contributed by atoms with Crippen LogP contribution >= 0.6 is 0 Å². The molecule has 3 aromatic rings. The third-order valence-electron chi connectivity index (χ3n) is 4.93. The van der Waals surface area contributed by atoms with Gasteiger partial charge in [-0.3, -0.25) is 9.59 Å². The number of carbonyl (C=O) groups excluding carboxylic acids is 2. The third kappa shape index (κ3) is 4.22. The van der Waals surface area contributed by atoms with E-state index in [0.29, 0.717) is 13.0 Å². The minimum atomic E-state index is -0.1000. The topological polar surface area (TPSA) is 76.0 Å². The Bertz CT molecular complexity index is 1020. The zero-order valence-electron chi connectivity index (χ0n) is 15.9. The summed E-state index contributed by atoms with van der Waals surface area (Å²) in [6.45, 7) is 2.70. The van der Waals surface area contributed by atoms with Crippen LogP contribution in [0.3, 0.4) is 0 Å². The Morgan fingerprint density at radius 3 is 2.75 bits per heavy atom. The number of anilines is 1. The van der Waals surface area contributed by atoms with E-state index in [2.05, 4.69) is 15.6 Å². The molecule has 0 radical (unpaired) electrons. The summed E-state index contributed by atoms with van der Waals surface area (Å²) in [4.78, 5) is 29.2. The number of carbonyl (C=O) groups is 2. The summed E-state index contributed by atoms with van der Waals surface area (Å²) in [6.07, 6.45) is 2.57. The maximum Gasteiger partial charge on any atom is 0.244 e. The van der Waals surface area contributed by atoms with Crippen LogP contribution in [0.5, 0.6) is 0 Å². The lowest BCUT2D eigenvalue weighted by Gasteiger charge is -2.11. The number of imidazole rings is 1. The molecule has 0 aliphatic heterocycles. The van der Waals surface area contributed by atoms with E-state index in [9.17, 15) is 9.59 Å². The maximum absolute atomic E-state index is 12.6. The minimum absolute atomic E-state index is 0.1000. The minimum Gasteiger partial charge on any atom is -0.355 e. The van der Waals surface area contributed by atoms with Gasteiger partial charge < -0.3 is 15.2 Å². The van der Waals surface area contributed by atoms with E-state index in [1.165, 1.54) is 0 Å². The first-order valence-corrected chi connectivity index (χ1v) is 9.68. The number of nitrogens with zero attached hydrogens (tertiary/aromatic N) is 2. The number of amides is 2. The Morgan fingerprint density at radius 2 is 1.96 bits per heavy atom. The van der Waals surface area contributed by atoms with Gasteiger partial charge in [0.15, 0.2) is 0 Å². The van der Waals surface area contributed by atoms with Crippen molar-refractivity contribution in [1.82, 2.24) is 14.9 Å². The fraction of sp³-hybridized carbons (Fsp3) is 0.318. The highest BCUT2D eigenvalue weighted by Crippen LogP contribution is 2.28. The van der Waals surface area contributed by atoms with E-state index < -0.39 is 0 Å². The van der Waals surface area contributed by atoms with Crippen molar-refractivity contribution in [2.45, 2.75) is 32.7 Å². The van der Waals surface area contributed by atoms with Crippen LogP contribution in [0.2, 0.25) is 0 Å². The summed E-state index contributed by atoms with van der Waals surface area (Å²) in [7, 11) is 0. The number of aryl methyl sites for hydroxylation is 1. The Morgan fingerprint density at radius 1 is 1.14 bits per heavy atom. The molecule has 0 bridgehead atoms. The molecule has 1 aromatic heterocycles. The highest BCUT2D eigenvalue weighted by Gasteiger charge is 2.29. The van der Waals surface area contributed by atoms with Crippen LogP contribution in [0.1, 0.15) is 24.2 Å². The van der Waals surface area contributed by atoms with E-state index in [1.807, 2.05) is 60.0 Å². The Hall–Kier alpha value is -3.15. The van der Waals surface area contributed by atoms with Crippen LogP contribution in [0.15, 0.2) is 48.5 Å². The van der Waals surface area contributed by atoms with E-state index in [4.69, 9.17) is 0 Å². The molecule has 1 aliphatic carbocycles. The lowest BCUT2D eigenvalue weighted by Crippen LogP contribution is -2.28. The van der Waals surface area contributed by atoms with Gasteiger partial charge in [0, 0.05) is 24.6 Å². The van der Waals surface area contributed by atoms with Crippen molar-refractivity contribution in [2.75, 3.05) is 11.9 Å². The van der Waals surface area contributed by atoms with Gasteiger partial charge in [-0.2, -0.15) is 0 Å². The fourth-order valence-electron chi connectivity index (χ4n) is 3.35. The molecule has 0 atom stereocenters. The molecule has 6 nitrogen and oxygen atoms in total. The Labute approximate surface area is 164 Å². The number of rotatable bonds is 7. The molecule has 1 saturated carbocycles. The molecule has 1 heterocycles. The smallest absolute Gasteiger partial charge is 0.244 e. The van der Waals surface area contributed by atoms with E-state index in [0.717, 1.165) is 41.0 Å². The number of benzene rings is 2. The van der Waals surface area contributed by atoms with Gasteiger partial charge in [0.2, 0.25) is 11.8 Å². The molecule has 6 heteroatoms. The lowest BCUT2D eigenvalue weighted by molar-refractivity contribution is -0.122. The fourth-order valence-corrected chi connectivity index (χ4v) is 3.35. The van der Waals surface area contributed by atoms with Gasteiger partial charge in [0.05, 0.1) is 11.0 Å². The molecule has 4 rings (SSSR count). The second-order valence-electron chi connectivity index (χ2n) is 7.34. The van der Waals surface area contributed by atoms with Gasteiger partial charge in [-0.25, -0.2) is 4.98 Å². The second-order valence-corrected chi connectivity index (χ2v) is 7.34. The van der Waals surface area contributed by atoms with Crippen LogP contribution in [-0.2, 0) is 22.6 Å². The summed E-state index contributed by atoms with van der Waals surface area (Å²) in [5.41, 5.74) is 3.66. The van der Waals surface area contributed by atoms with Crippen LogP contribution in [-0.4, -0.2) is 27.9 Å². The standard InChI is InChI=1S/C22H24N4O2/c1-15-5-4-6-17(13-15)24-21(27)14-26-19-8-3-2-7-18(19)25-20(26)11-12-23-22(28)16-9-10-16/h2-8,13,16H,9-12,14H2,1H3,(H,23,28)(H,24,27). The van der Waals surface area contributed by atoms with Crippen LogP contribution < -0.4 is 10.6 Å². The maximum atomic E-state index is 12.6. The zero-order chi connectivity index (χ0) is 19.5. The number of fused-ring (bicyclic) bond motifs is 1. The number of nitrogens with one attached hydrogen (secondary N) is 2. The molecule has 0 unspecified atom stereocenters. The Kier molecular flexibility index (Phi) is 5.10. The van der Waals surface area contributed by atoms with E-state index in [-0.39, 0.29) is 24.3 Å². The highest BCUT2D eigenvalue weighted by molar-refractivity contribution is 5.91. The first kappa shape index (κ1) is 18.2. The molecule has 1 fully saturated rings. The molecule has 2 amide bonds. The predicted molar refractivity (Wildman–Crippen MR) is 109 cm³/mol. The molecule has 28 heavy (non-hydrogen) atoms. The largest absolute Gasteiger partial charge is 0.355 e. The van der Waals surface area contributed by atoms with Gasteiger partial charge in [0.25, 0.3) is 0 Å². The average molecular weight is 376 g/mol. The number of hydrogen-bond donors (Lipinski definition) is 2. The second kappa shape index (κ2) is 7.84. The quantitative estimate of drug-likeness (QED) is 0.665. The lowest BCUT2D eigenvalue weighted by atomic mass is 10.2.